The lowest BCUT2D eigenvalue weighted by Crippen LogP contribution is -2.04. The third kappa shape index (κ3) is 2.46. The lowest BCUT2D eigenvalue weighted by atomic mass is 9.89. The summed E-state index contributed by atoms with van der Waals surface area (Å²) in [4.78, 5) is 0. The largest absolute Gasteiger partial charge is 0.496 e. The van der Waals surface area contributed by atoms with E-state index in [1.165, 1.54) is 53.5 Å². The summed E-state index contributed by atoms with van der Waals surface area (Å²) in [5.74, 6) is 0.968. The second-order valence-electron chi connectivity index (χ2n) is 6.36. The van der Waals surface area contributed by atoms with E-state index in [4.69, 9.17) is 10.5 Å². The minimum Gasteiger partial charge on any atom is -0.496 e. The molecule has 4 rings (SSSR count). The quantitative estimate of drug-likeness (QED) is 0.820. The van der Waals surface area contributed by atoms with Gasteiger partial charge >= 0.3 is 0 Å². The molecule has 0 aromatic heterocycles. The molecule has 0 bridgehead atoms. The van der Waals surface area contributed by atoms with Crippen LogP contribution in [0.3, 0.4) is 0 Å². The lowest BCUT2D eigenvalue weighted by Gasteiger charge is -2.18. The SMILES string of the molecule is COc1cc2c(cc1C=C1CNc3c(N)cccc31)CCCC2. The van der Waals surface area contributed by atoms with Gasteiger partial charge in [-0.25, -0.2) is 0 Å². The molecule has 2 aromatic rings. The maximum atomic E-state index is 6.06. The van der Waals surface area contributed by atoms with Gasteiger partial charge in [0.2, 0.25) is 0 Å². The van der Waals surface area contributed by atoms with Gasteiger partial charge in [0.05, 0.1) is 18.5 Å². The van der Waals surface area contributed by atoms with Crippen LogP contribution in [-0.2, 0) is 12.8 Å². The first-order valence-electron chi connectivity index (χ1n) is 8.29. The zero-order valence-corrected chi connectivity index (χ0v) is 13.5. The van der Waals surface area contributed by atoms with Gasteiger partial charge in [0, 0.05) is 17.7 Å². The summed E-state index contributed by atoms with van der Waals surface area (Å²) in [6.07, 6.45) is 7.16. The molecular weight excluding hydrogens is 284 g/mol. The normalized spacial score (nSPS) is 17.5. The minimum absolute atomic E-state index is 0.809. The number of methoxy groups -OCH3 is 1. The molecule has 118 valence electrons. The monoisotopic (exact) mass is 306 g/mol. The molecule has 0 unspecified atom stereocenters. The van der Waals surface area contributed by atoms with Crippen LogP contribution >= 0.6 is 0 Å². The van der Waals surface area contributed by atoms with Crippen LogP contribution in [0, 0.1) is 0 Å². The van der Waals surface area contributed by atoms with E-state index in [0.29, 0.717) is 0 Å². The molecule has 0 atom stereocenters. The Hall–Kier alpha value is -2.42. The fraction of sp³-hybridized carbons (Fsp3) is 0.300. The summed E-state index contributed by atoms with van der Waals surface area (Å²) in [5, 5.41) is 3.40. The molecule has 1 aliphatic heterocycles. The Labute approximate surface area is 137 Å². The van der Waals surface area contributed by atoms with Gasteiger partial charge in [0.1, 0.15) is 5.75 Å². The second-order valence-corrected chi connectivity index (χ2v) is 6.36. The highest BCUT2D eigenvalue weighted by Crippen LogP contribution is 2.38. The van der Waals surface area contributed by atoms with Gasteiger partial charge in [-0.05, 0) is 66.7 Å². The summed E-state index contributed by atoms with van der Waals surface area (Å²) in [7, 11) is 1.76. The van der Waals surface area contributed by atoms with E-state index in [9.17, 15) is 0 Å². The lowest BCUT2D eigenvalue weighted by molar-refractivity contribution is 0.412. The van der Waals surface area contributed by atoms with Crippen LogP contribution in [0.15, 0.2) is 30.3 Å². The number of fused-ring (bicyclic) bond motifs is 2. The topological polar surface area (TPSA) is 47.3 Å². The minimum atomic E-state index is 0.809. The zero-order valence-electron chi connectivity index (χ0n) is 13.5. The molecule has 0 saturated carbocycles. The average Bonchev–Trinajstić information content (AvgIpc) is 2.99. The van der Waals surface area contributed by atoms with E-state index in [-0.39, 0.29) is 0 Å². The summed E-state index contributed by atoms with van der Waals surface area (Å²) in [6, 6.07) is 10.6. The number of rotatable bonds is 2. The van der Waals surface area contributed by atoms with Gasteiger partial charge in [0.15, 0.2) is 0 Å². The van der Waals surface area contributed by atoms with Crippen LogP contribution in [0.25, 0.3) is 11.6 Å². The molecule has 1 aliphatic carbocycles. The summed E-state index contributed by atoms with van der Waals surface area (Å²) in [5.41, 5.74) is 14.5. The number of hydrogen-bond donors (Lipinski definition) is 2. The highest BCUT2D eigenvalue weighted by atomic mass is 16.5. The Morgan fingerprint density at radius 1 is 1.13 bits per heavy atom. The molecule has 0 saturated heterocycles. The van der Waals surface area contributed by atoms with Crippen LogP contribution in [0.1, 0.15) is 35.1 Å². The van der Waals surface area contributed by atoms with Crippen molar-refractivity contribution in [3.8, 4) is 5.75 Å². The maximum absolute atomic E-state index is 6.06. The van der Waals surface area contributed by atoms with Crippen molar-refractivity contribution in [2.45, 2.75) is 25.7 Å². The number of anilines is 2. The van der Waals surface area contributed by atoms with Gasteiger partial charge in [-0.15, -0.1) is 0 Å². The van der Waals surface area contributed by atoms with E-state index in [2.05, 4.69) is 29.6 Å². The third-order valence-electron chi connectivity index (χ3n) is 4.92. The van der Waals surface area contributed by atoms with Gasteiger partial charge < -0.3 is 15.8 Å². The molecule has 0 fully saturated rings. The Kier molecular flexibility index (Phi) is 3.49. The fourth-order valence-corrected chi connectivity index (χ4v) is 3.70. The maximum Gasteiger partial charge on any atom is 0.126 e. The predicted molar refractivity (Wildman–Crippen MR) is 96.9 cm³/mol. The molecule has 0 amide bonds. The zero-order chi connectivity index (χ0) is 15.8. The van der Waals surface area contributed by atoms with Crippen molar-refractivity contribution in [3.05, 3.63) is 52.6 Å². The number of hydrogen-bond acceptors (Lipinski definition) is 3. The second kappa shape index (κ2) is 5.65. The summed E-state index contributed by atoms with van der Waals surface area (Å²) in [6.45, 7) is 0.809. The van der Waals surface area contributed by atoms with Crippen molar-refractivity contribution >= 4 is 23.0 Å². The van der Waals surface area contributed by atoms with Gasteiger partial charge in [0.25, 0.3) is 0 Å². The number of para-hydroxylation sites is 1. The van der Waals surface area contributed by atoms with Crippen LogP contribution in [-0.4, -0.2) is 13.7 Å². The first-order valence-corrected chi connectivity index (χ1v) is 8.29. The number of nitrogen functional groups attached to an aromatic ring is 1. The predicted octanol–water partition coefficient (Wildman–Crippen LogP) is 4.12. The molecule has 1 heterocycles. The third-order valence-corrected chi connectivity index (χ3v) is 4.92. The highest BCUT2D eigenvalue weighted by molar-refractivity contribution is 5.97. The van der Waals surface area contributed by atoms with Crippen molar-refractivity contribution in [2.24, 2.45) is 0 Å². The molecular formula is C20H22N2O. The molecule has 2 aliphatic rings. The Morgan fingerprint density at radius 2 is 1.91 bits per heavy atom. The molecule has 23 heavy (non-hydrogen) atoms. The smallest absolute Gasteiger partial charge is 0.126 e. The summed E-state index contributed by atoms with van der Waals surface area (Å²) >= 11 is 0. The van der Waals surface area contributed by atoms with E-state index in [1.807, 2.05) is 12.1 Å². The molecule has 3 N–H and O–H groups in total. The van der Waals surface area contributed by atoms with E-state index in [0.717, 1.165) is 23.7 Å². The molecule has 0 radical (unpaired) electrons. The Morgan fingerprint density at radius 3 is 2.70 bits per heavy atom. The van der Waals surface area contributed by atoms with E-state index >= 15 is 0 Å². The van der Waals surface area contributed by atoms with Crippen LogP contribution in [0.2, 0.25) is 0 Å². The standard InChI is InChI=1S/C20H22N2O/c1-23-19-11-14-6-3-2-5-13(14)9-15(19)10-16-12-22-20-17(16)7-4-8-18(20)21/h4,7-11,22H,2-3,5-6,12,21H2,1H3. The van der Waals surface area contributed by atoms with E-state index in [1.54, 1.807) is 7.11 Å². The number of aryl methyl sites for hydroxylation is 2. The van der Waals surface area contributed by atoms with Crippen LogP contribution in [0.5, 0.6) is 5.75 Å². The van der Waals surface area contributed by atoms with Gasteiger partial charge in [-0.1, -0.05) is 12.1 Å². The van der Waals surface area contributed by atoms with Gasteiger partial charge in [-0.3, -0.25) is 0 Å². The number of ether oxygens (including phenoxy) is 1. The van der Waals surface area contributed by atoms with Crippen molar-refractivity contribution in [2.75, 3.05) is 24.7 Å². The number of nitrogens with two attached hydrogens (primary N) is 1. The van der Waals surface area contributed by atoms with Gasteiger partial charge in [-0.2, -0.15) is 0 Å². The van der Waals surface area contributed by atoms with Crippen molar-refractivity contribution < 1.29 is 4.74 Å². The fourth-order valence-electron chi connectivity index (χ4n) is 3.70. The van der Waals surface area contributed by atoms with E-state index < -0.39 is 0 Å². The number of benzene rings is 2. The van der Waals surface area contributed by atoms with Crippen molar-refractivity contribution in [1.82, 2.24) is 0 Å². The Balaban J connectivity index is 1.79. The van der Waals surface area contributed by atoms with Crippen molar-refractivity contribution in [3.63, 3.8) is 0 Å². The summed E-state index contributed by atoms with van der Waals surface area (Å²) < 4.78 is 5.64. The van der Waals surface area contributed by atoms with Crippen LogP contribution < -0.4 is 15.8 Å². The number of nitrogens with one attached hydrogen (secondary N) is 1. The van der Waals surface area contributed by atoms with Crippen molar-refractivity contribution in [1.29, 1.82) is 0 Å². The average molecular weight is 306 g/mol. The first kappa shape index (κ1) is 14.2. The molecule has 0 spiro atoms. The van der Waals surface area contributed by atoms with Crippen LogP contribution in [0.4, 0.5) is 11.4 Å². The highest BCUT2D eigenvalue weighted by Gasteiger charge is 2.19. The molecule has 3 heteroatoms. The molecule has 2 aromatic carbocycles. The molecule has 3 nitrogen and oxygen atoms in total. The first-order chi connectivity index (χ1) is 11.3. The Bertz CT molecular complexity index is 792.